The van der Waals surface area contributed by atoms with Crippen LogP contribution in [0.5, 0.6) is 5.75 Å². The Hall–Kier alpha value is -4.15. The van der Waals surface area contributed by atoms with E-state index in [-0.39, 0.29) is 18.4 Å². The van der Waals surface area contributed by atoms with Gasteiger partial charge in [0.05, 0.1) is 32.7 Å². The van der Waals surface area contributed by atoms with Crippen LogP contribution in [0.4, 0.5) is 5.69 Å². The summed E-state index contributed by atoms with van der Waals surface area (Å²) in [7, 11) is 3.16. The van der Waals surface area contributed by atoms with Crippen molar-refractivity contribution in [2.24, 2.45) is 5.92 Å². The largest absolute Gasteiger partial charge is 0.496 e. The molecule has 6 rings (SSSR count). The van der Waals surface area contributed by atoms with Crippen molar-refractivity contribution in [1.82, 2.24) is 9.91 Å². The number of ether oxygens (including phenoxy) is 1. The number of benzene rings is 4. The fraction of sp³-hybridized carbons (Fsp3) is 0.212. The molecule has 42 heavy (non-hydrogen) atoms. The second-order valence-corrected chi connectivity index (χ2v) is 11.2. The molecule has 0 saturated carbocycles. The van der Waals surface area contributed by atoms with Crippen molar-refractivity contribution in [2.75, 3.05) is 19.6 Å². The number of hydrogen-bond donors (Lipinski definition) is 2. The van der Waals surface area contributed by atoms with Crippen LogP contribution in [0, 0.1) is 5.92 Å². The molecule has 2 N–H and O–H groups in total. The number of likely N-dealkylation sites (tertiary alicyclic amines) is 1. The number of carbonyl (C=O) groups is 2. The number of rotatable bonds is 9. The number of carbonyl (C=O) groups excluding carboxylic acids is 2. The van der Waals surface area contributed by atoms with Gasteiger partial charge in [0.1, 0.15) is 17.9 Å². The van der Waals surface area contributed by atoms with Gasteiger partial charge in [-0.3, -0.25) is 14.5 Å². The Bertz CT molecular complexity index is 1640. The molecule has 2 aliphatic heterocycles. The minimum atomic E-state index is -1.05. The predicted octanol–water partition coefficient (Wildman–Crippen LogP) is 5.36. The number of para-hydroxylation sites is 1. The van der Waals surface area contributed by atoms with Gasteiger partial charge in [0, 0.05) is 28.2 Å². The molecule has 1 saturated heterocycles. The van der Waals surface area contributed by atoms with Crippen LogP contribution in [0.15, 0.2) is 108 Å². The molecule has 2 heterocycles. The van der Waals surface area contributed by atoms with Crippen LogP contribution >= 0.6 is 12.0 Å². The van der Waals surface area contributed by atoms with Crippen LogP contribution in [0.3, 0.4) is 0 Å². The predicted molar refractivity (Wildman–Crippen MR) is 162 cm³/mol. The number of nitrogens with one attached hydrogen (secondary N) is 1. The van der Waals surface area contributed by atoms with E-state index >= 15 is 0 Å². The van der Waals surface area contributed by atoms with Gasteiger partial charge in [-0.05, 0) is 46.7 Å². The Morgan fingerprint density at radius 3 is 2.40 bits per heavy atom. The van der Waals surface area contributed by atoms with E-state index in [4.69, 9.17) is 8.92 Å². The summed E-state index contributed by atoms with van der Waals surface area (Å²) < 4.78 is 10.7. The van der Waals surface area contributed by atoms with Crippen LogP contribution in [0.1, 0.15) is 17.2 Å². The van der Waals surface area contributed by atoms with Gasteiger partial charge in [-0.1, -0.05) is 72.8 Å². The molecular formula is C33H31N3O5S. The highest BCUT2D eigenvalue weighted by Gasteiger charge is 2.53. The van der Waals surface area contributed by atoms with Crippen molar-refractivity contribution in [3.05, 3.63) is 114 Å². The summed E-state index contributed by atoms with van der Waals surface area (Å²) in [4.78, 5) is 30.1. The number of nitrogens with zero attached hydrogens (tertiary/aromatic N) is 2. The first-order chi connectivity index (χ1) is 20.5. The first kappa shape index (κ1) is 28.0. The number of methoxy groups -OCH3 is 1. The average molecular weight is 582 g/mol. The fourth-order valence-corrected chi connectivity index (χ4v) is 6.25. The molecule has 2 aliphatic rings. The van der Waals surface area contributed by atoms with Gasteiger partial charge in [0.25, 0.3) is 0 Å². The lowest BCUT2D eigenvalue weighted by Gasteiger charge is -2.41. The normalized spacial score (nSPS) is 21.0. The van der Waals surface area contributed by atoms with Gasteiger partial charge < -0.3 is 19.5 Å². The zero-order valence-corrected chi connectivity index (χ0v) is 24.0. The molecule has 0 aliphatic carbocycles. The summed E-state index contributed by atoms with van der Waals surface area (Å²) >= 11 is 1.24. The number of aliphatic hydroxyl groups is 1. The molecule has 0 spiro atoms. The molecular weight excluding hydrogens is 550 g/mol. The van der Waals surface area contributed by atoms with E-state index in [1.165, 1.54) is 16.9 Å². The molecule has 0 aromatic heterocycles. The Morgan fingerprint density at radius 2 is 1.62 bits per heavy atom. The number of imide groups is 1. The van der Waals surface area contributed by atoms with Gasteiger partial charge in [-0.15, -0.1) is 0 Å². The maximum Gasteiger partial charge on any atom is 0.249 e. The maximum absolute atomic E-state index is 14.1. The highest BCUT2D eigenvalue weighted by Crippen LogP contribution is 2.39. The minimum Gasteiger partial charge on any atom is -0.496 e. The average Bonchev–Trinajstić information content (AvgIpc) is 3.27. The summed E-state index contributed by atoms with van der Waals surface area (Å²) in [5, 5.41) is 15.4. The lowest BCUT2D eigenvalue weighted by Crippen LogP contribution is -2.55. The molecule has 4 atom stereocenters. The number of hydrazine groups is 1. The summed E-state index contributed by atoms with van der Waals surface area (Å²) in [6.45, 7) is 0.163. The van der Waals surface area contributed by atoms with E-state index in [2.05, 4.69) is 5.43 Å². The van der Waals surface area contributed by atoms with E-state index in [0.717, 1.165) is 21.2 Å². The van der Waals surface area contributed by atoms with E-state index in [1.54, 1.807) is 43.5 Å². The second kappa shape index (κ2) is 12.0. The van der Waals surface area contributed by atoms with Gasteiger partial charge in [0.15, 0.2) is 0 Å². The number of amides is 2. The lowest BCUT2D eigenvalue weighted by molar-refractivity contribution is -0.140. The van der Waals surface area contributed by atoms with Gasteiger partial charge in [-0.25, -0.2) is 5.01 Å². The van der Waals surface area contributed by atoms with E-state index in [0.29, 0.717) is 17.0 Å². The molecule has 214 valence electrons. The first-order valence-electron chi connectivity index (χ1n) is 13.7. The lowest BCUT2D eigenvalue weighted by atomic mass is 9.90. The monoisotopic (exact) mass is 581 g/mol. The molecule has 1 unspecified atom stereocenters. The van der Waals surface area contributed by atoms with E-state index < -0.39 is 24.1 Å². The van der Waals surface area contributed by atoms with Crippen molar-refractivity contribution >= 4 is 40.3 Å². The van der Waals surface area contributed by atoms with Crippen LogP contribution in [0.25, 0.3) is 10.8 Å². The Kier molecular flexibility index (Phi) is 7.99. The molecule has 4 aromatic carbocycles. The molecule has 0 bridgehead atoms. The van der Waals surface area contributed by atoms with Crippen molar-refractivity contribution in [3.8, 4) is 5.75 Å². The van der Waals surface area contributed by atoms with Gasteiger partial charge in [-0.2, -0.15) is 0 Å². The maximum atomic E-state index is 14.1. The quantitative estimate of drug-likeness (QED) is 0.155. The second-order valence-electron chi connectivity index (χ2n) is 10.2. The molecule has 4 aromatic rings. The van der Waals surface area contributed by atoms with Crippen LogP contribution in [0.2, 0.25) is 0 Å². The van der Waals surface area contributed by atoms with Crippen LogP contribution in [-0.4, -0.2) is 53.1 Å². The number of aliphatic hydroxyl groups excluding tert-OH is 1. The third-order valence-corrected chi connectivity index (χ3v) is 8.46. The standard InChI is InChI=1S/C33H31N3O5S/c1-40-29-13-6-5-12-26(29)31(37)28-19-18-27-30(36(28)34-23-14-16-24(17-15-23)42-41-2)33(39)35(32(27)38)20-22-10-7-9-21-8-3-4-11-25(21)22/h3-19,27-28,30-31,34,37H,20H2,1-2H3/t27-,28?,30+,31-/m1/s1. The van der Waals surface area contributed by atoms with Crippen molar-refractivity contribution in [1.29, 1.82) is 0 Å². The first-order valence-corrected chi connectivity index (χ1v) is 14.4. The summed E-state index contributed by atoms with van der Waals surface area (Å²) in [5.41, 5.74) is 5.54. The van der Waals surface area contributed by atoms with Crippen molar-refractivity contribution in [3.63, 3.8) is 0 Å². The zero-order valence-electron chi connectivity index (χ0n) is 23.2. The number of hydrogen-bond acceptors (Lipinski definition) is 8. The van der Waals surface area contributed by atoms with Gasteiger partial charge in [0.2, 0.25) is 11.8 Å². The SMILES string of the molecule is COSc1ccc(NN2C([C@H](O)c3ccccc3OC)C=C[C@H]3C(=O)N(Cc4cccc5ccccc45)C(=O)[C@H]32)cc1. The number of fused-ring (bicyclic) bond motifs is 2. The number of anilines is 1. The third-order valence-electron chi connectivity index (χ3n) is 7.83. The minimum absolute atomic E-state index is 0.163. The Balaban J connectivity index is 1.36. The van der Waals surface area contributed by atoms with Crippen LogP contribution < -0.4 is 10.2 Å². The third kappa shape index (κ3) is 5.16. The molecule has 8 nitrogen and oxygen atoms in total. The summed E-state index contributed by atoms with van der Waals surface area (Å²) in [5.74, 6) is -0.756. The van der Waals surface area contributed by atoms with Crippen LogP contribution in [-0.2, 0) is 20.3 Å². The van der Waals surface area contributed by atoms with E-state index in [1.807, 2.05) is 78.9 Å². The highest BCUT2D eigenvalue weighted by atomic mass is 32.2. The zero-order chi connectivity index (χ0) is 29.2. The van der Waals surface area contributed by atoms with Crippen molar-refractivity contribution < 1.29 is 23.6 Å². The van der Waals surface area contributed by atoms with Gasteiger partial charge >= 0.3 is 0 Å². The van der Waals surface area contributed by atoms with Crippen molar-refractivity contribution in [2.45, 2.75) is 29.6 Å². The molecule has 0 radical (unpaired) electrons. The highest BCUT2D eigenvalue weighted by molar-refractivity contribution is 7.94. The Labute approximate surface area is 248 Å². The Morgan fingerprint density at radius 1 is 0.881 bits per heavy atom. The van der Waals surface area contributed by atoms with E-state index in [9.17, 15) is 14.7 Å². The molecule has 1 fully saturated rings. The topological polar surface area (TPSA) is 91.3 Å². The smallest absolute Gasteiger partial charge is 0.249 e. The summed E-state index contributed by atoms with van der Waals surface area (Å²) in [6, 6.07) is 27.1. The molecule has 2 amide bonds. The fourth-order valence-electron chi connectivity index (χ4n) is 5.81. The molecule has 9 heteroatoms. The summed E-state index contributed by atoms with van der Waals surface area (Å²) in [6.07, 6.45) is 2.50.